The van der Waals surface area contributed by atoms with Crippen molar-refractivity contribution in [1.82, 2.24) is 4.90 Å². The molecule has 6 heteroatoms. The summed E-state index contributed by atoms with van der Waals surface area (Å²) in [7, 11) is 1.53. The molecule has 1 fully saturated rings. The van der Waals surface area contributed by atoms with Crippen molar-refractivity contribution in [3.8, 4) is 5.75 Å². The van der Waals surface area contributed by atoms with Crippen LogP contribution < -0.4 is 10.1 Å². The van der Waals surface area contributed by atoms with E-state index in [4.69, 9.17) is 9.84 Å². The minimum absolute atomic E-state index is 0.245. The fourth-order valence-corrected chi connectivity index (χ4v) is 1.91. The Morgan fingerprint density at radius 2 is 2.11 bits per heavy atom. The van der Waals surface area contributed by atoms with Crippen molar-refractivity contribution in [3.05, 3.63) is 23.8 Å². The summed E-state index contributed by atoms with van der Waals surface area (Å²) in [6.45, 7) is 2.41. The number of ether oxygens (including phenoxy) is 1. The molecule has 2 amide bonds. The fourth-order valence-electron chi connectivity index (χ4n) is 1.91. The monoisotopic (exact) mass is 264 g/mol. The molecule has 0 atom stereocenters. The summed E-state index contributed by atoms with van der Waals surface area (Å²) in [5.74, 6) is -0.739. The molecule has 1 saturated heterocycles. The van der Waals surface area contributed by atoms with E-state index < -0.39 is 11.9 Å². The molecule has 1 aliphatic rings. The second-order valence-corrected chi connectivity index (χ2v) is 4.57. The molecule has 0 aromatic heterocycles. The van der Waals surface area contributed by atoms with Gasteiger partial charge in [0.25, 0.3) is 0 Å². The van der Waals surface area contributed by atoms with Crippen LogP contribution in [0.2, 0.25) is 0 Å². The van der Waals surface area contributed by atoms with Gasteiger partial charge in [0.2, 0.25) is 0 Å². The topological polar surface area (TPSA) is 78.9 Å². The predicted molar refractivity (Wildman–Crippen MR) is 69.4 cm³/mol. The Morgan fingerprint density at radius 3 is 2.68 bits per heavy atom. The Balaban J connectivity index is 2.00. The van der Waals surface area contributed by atoms with E-state index in [1.54, 1.807) is 6.07 Å². The van der Waals surface area contributed by atoms with Crippen molar-refractivity contribution in [2.45, 2.75) is 6.92 Å². The Kier molecular flexibility index (Phi) is 3.59. The number of carboxylic acid groups (broad SMARTS) is 1. The van der Waals surface area contributed by atoms with Crippen LogP contribution in [-0.4, -0.2) is 42.2 Å². The molecule has 0 aliphatic carbocycles. The summed E-state index contributed by atoms with van der Waals surface area (Å²) in [6, 6.07) is 5.17. The smallest absolute Gasteiger partial charge is 0.321 e. The van der Waals surface area contributed by atoms with Crippen LogP contribution in [0.3, 0.4) is 0 Å². The number of amides is 2. The van der Waals surface area contributed by atoms with E-state index >= 15 is 0 Å². The van der Waals surface area contributed by atoms with Crippen LogP contribution in [0, 0.1) is 12.8 Å². The molecule has 0 unspecified atom stereocenters. The summed E-state index contributed by atoms with van der Waals surface area (Å²) in [4.78, 5) is 24.0. The number of carbonyl (C=O) groups is 2. The maximum atomic E-state index is 11.9. The SMILES string of the molecule is COc1ccc(C)cc1NC(=O)N1CC(C(=O)O)C1. The highest BCUT2D eigenvalue weighted by Crippen LogP contribution is 2.26. The summed E-state index contributed by atoms with van der Waals surface area (Å²) in [5.41, 5.74) is 1.59. The Hall–Kier alpha value is -2.24. The third-order valence-electron chi connectivity index (χ3n) is 3.11. The van der Waals surface area contributed by atoms with Gasteiger partial charge in [0, 0.05) is 13.1 Å². The Bertz CT molecular complexity index is 509. The average Bonchev–Trinajstić information content (AvgIpc) is 2.26. The van der Waals surface area contributed by atoms with E-state index in [-0.39, 0.29) is 19.1 Å². The zero-order chi connectivity index (χ0) is 14.0. The number of nitrogens with zero attached hydrogens (tertiary/aromatic N) is 1. The molecule has 0 radical (unpaired) electrons. The summed E-state index contributed by atoms with van der Waals surface area (Å²) in [6.07, 6.45) is 0. The number of carbonyl (C=O) groups excluding carboxylic acids is 1. The molecule has 2 rings (SSSR count). The van der Waals surface area contributed by atoms with Gasteiger partial charge in [-0.15, -0.1) is 0 Å². The second-order valence-electron chi connectivity index (χ2n) is 4.57. The molecule has 0 saturated carbocycles. The first-order chi connectivity index (χ1) is 9.01. The van der Waals surface area contributed by atoms with Gasteiger partial charge in [0.15, 0.2) is 0 Å². The first-order valence-corrected chi connectivity index (χ1v) is 5.94. The van der Waals surface area contributed by atoms with Gasteiger partial charge in [-0.05, 0) is 24.6 Å². The maximum absolute atomic E-state index is 11.9. The number of urea groups is 1. The molecule has 19 heavy (non-hydrogen) atoms. The van der Waals surface area contributed by atoms with Crippen molar-refractivity contribution < 1.29 is 19.4 Å². The minimum atomic E-state index is -0.864. The van der Waals surface area contributed by atoms with Crippen LogP contribution in [0.15, 0.2) is 18.2 Å². The predicted octanol–water partition coefficient (Wildman–Crippen LogP) is 1.55. The Labute approximate surface area is 111 Å². The molecular weight excluding hydrogens is 248 g/mol. The van der Waals surface area contributed by atoms with Gasteiger partial charge in [-0.3, -0.25) is 4.79 Å². The summed E-state index contributed by atoms with van der Waals surface area (Å²) >= 11 is 0. The third kappa shape index (κ3) is 2.78. The van der Waals surface area contributed by atoms with Crippen molar-refractivity contribution in [3.63, 3.8) is 0 Å². The lowest BCUT2D eigenvalue weighted by atomic mass is 10.0. The van der Waals surface area contributed by atoms with E-state index in [1.807, 2.05) is 19.1 Å². The standard InChI is InChI=1S/C13H16N2O4/c1-8-3-4-11(19-2)10(5-8)14-13(18)15-6-9(7-15)12(16)17/h3-5,9H,6-7H2,1-2H3,(H,14,18)(H,16,17). The van der Waals surface area contributed by atoms with Crippen LogP contribution >= 0.6 is 0 Å². The van der Waals surface area contributed by atoms with Gasteiger partial charge < -0.3 is 20.1 Å². The van der Waals surface area contributed by atoms with Gasteiger partial charge >= 0.3 is 12.0 Å². The molecular formula is C13H16N2O4. The first-order valence-electron chi connectivity index (χ1n) is 5.94. The lowest BCUT2D eigenvalue weighted by molar-refractivity contribution is -0.145. The zero-order valence-electron chi connectivity index (χ0n) is 10.8. The minimum Gasteiger partial charge on any atom is -0.495 e. The Morgan fingerprint density at radius 1 is 1.42 bits per heavy atom. The van der Waals surface area contributed by atoms with Crippen LogP contribution in [-0.2, 0) is 4.79 Å². The zero-order valence-corrected chi connectivity index (χ0v) is 10.8. The van der Waals surface area contributed by atoms with Crippen molar-refractivity contribution in [2.75, 3.05) is 25.5 Å². The maximum Gasteiger partial charge on any atom is 0.321 e. The summed E-state index contributed by atoms with van der Waals surface area (Å²) < 4.78 is 5.16. The fraction of sp³-hybridized carbons (Fsp3) is 0.385. The van der Waals surface area contributed by atoms with Crippen LogP contribution in [0.4, 0.5) is 10.5 Å². The molecule has 1 heterocycles. The van der Waals surface area contributed by atoms with Gasteiger partial charge in [-0.2, -0.15) is 0 Å². The average molecular weight is 264 g/mol. The van der Waals surface area contributed by atoms with Crippen molar-refractivity contribution in [1.29, 1.82) is 0 Å². The van der Waals surface area contributed by atoms with Gasteiger partial charge in [0.05, 0.1) is 18.7 Å². The van der Waals surface area contributed by atoms with E-state index in [2.05, 4.69) is 5.32 Å². The molecule has 1 aliphatic heterocycles. The van der Waals surface area contributed by atoms with E-state index in [0.29, 0.717) is 11.4 Å². The molecule has 6 nitrogen and oxygen atoms in total. The normalized spacial score (nSPS) is 14.7. The highest BCUT2D eigenvalue weighted by Gasteiger charge is 2.35. The largest absolute Gasteiger partial charge is 0.495 e. The number of benzene rings is 1. The second kappa shape index (κ2) is 5.17. The van der Waals surface area contributed by atoms with E-state index in [9.17, 15) is 9.59 Å². The van der Waals surface area contributed by atoms with Gasteiger partial charge in [-0.1, -0.05) is 6.07 Å². The highest BCUT2D eigenvalue weighted by atomic mass is 16.5. The number of aryl methyl sites for hydroxylation is 1. The molecule has 2 N–H and O–H groups in total. The van der Waals surface area contributed by atoms with Crippen molar-refractivity contribution >= 4 is 17.7 Å². The summed E-state index contributed by atoms with van der Waals surface area (Å²) in [5, 5.41) is 11.5. The van der Waals surface area contributed by atoms with Crippen molar-refractivity contribution in [2.24, 2.45) is 5.92 Å². The highest BCUT2D eigenvalue weighted by molar-refractivity contribution is 5.92. The number of aliphatic carboxylic acids is 1. The van der Waals surface area contributed by atoms with Crippen LogP contribution in [0.1, 0.15) is 5.56 Å². The molecule has 0 spiro atoms. The lowest BCUT2D eigenvalue weighted by Crippen LogP contribution is -2.54. The molecule has 102 valence electrons. The molecule has 1 aromatic rings. The number of carboxylic acids is 1. The van der Waals surface area contributed by atoms with E-state index in [0.717, 1.165) is 5.56 Å². The molecule has 1 aromatic carbocycles. The van der Waals surface area contributed by atoms with Gasteiger partial charge in [0.1, 0.15) is 5.75 Å². The van der Waals surface area contributed by atoms with Crippen LogP contribution in [0.25, 0.3) is 0 Å². The number of hydrogen-bond donors (Lipinski definition) is 2. The number of likely N-dealkylation sites (tertiary alicyclic amines) is 1. The number of methoxy groups -OCH3 is 1. The number of nitrogens with one attached hydrogen (secondary N) is 1. The molecule has 0 bridgehead atoms. The quantitative estimate of drug-likeness (QED) is 0.868. The number of hydrogen-bond acceptors (Lipinski definition) is 3. The number of rotatable bonds is 3. The van der Waals surface area contributed by atoms with Gasteiger partial charge in [-0.25, -0.2) is 4.79 Å². The lowest BCUT2D eigenvalue weighted by Gasteiger charge is -2.36. The van der Waals surface area contributed by atoms with E-state index in [1.165, 1.54) is 12.0 Å². The first kappa shape index (κ1) is 13.2. The third-order valence-corrected chi connectivity index (χ3v) is 3.11. The van der Waals surface area contributed by atoms with Crippen LogP contribution in [0.5, 0.6) is 5.75 Å². The number of anilines is 1.